The minimum atomic E-state index is -0.815. The molecule has 0 saturated carbocycles. The van der Waals surface area contributed by atoms with Crippen LogP contribution in [0.5, 0.6) is 0 Å². The first-order chi connectivity index (χ1) is 7.24. The van der Waals surface area contributed by atoms with Crippen molar-refractivity contribution in [3.8, 4) is 0 Å². The lowest BCUT2D eigenvalue weighted by Gasteiger charge is -1.95. The molecular formula is C12H12O3. The highest BCUT2D eigenvalue weighted by Crippen LogP contribution is 2.01. The van der Waals surface area contributed by atoms with Gasteiger partial charge in [0.1, 0.15) is 0 Å². The van der Waals surface area contributed by atoms with Crippen molar-refractivity contribution in [3.05, 3.63) is 42.0 Å². The first kappa shape index (κ1) is 11.2. The number of ether oxygens (including phenoxy) is 1. The average Bonchev–Trinajstić information content (AvgIpc) is 2.27. The second kappa shape index (κ2) is 5.75. The van der Waals surface area contributed by atoms with Gasteiger partial charge in [0.25, 0.3) is 5.78 Å². The third-order valence-corrected chi connectivity index (χ3v) is 1.70. The smallest absolute Gasteiger partial charge is 0.379 e. The van der Waals surface area contributed by atoms with Crippen molar-refractivity contribution in [2.45, 2.75) is 6.92 Å². The van der Waals surface area contributed by atoms with Crippen LogP contribution in [0.3, 0.4) is 0 Å². The van der Waals surface area contributed by atoms with Gasteiger partial charge < -0.3 is 4.74 Å². The summed E-state index contributed by atoms with van der Waals surface area (Å²) >= 11 is 0. The summed E-state index contributed by atoms with van der Waals surface area (Å²) in [4.78, 5) is 22.1. The third-order valence-electron chi connectivity index (χ3n) is 1.70. The molecule has 3 heteroatoms. The molecule has 0 aliphatic heterocycles. The van der Waals surface area contributed by atoms with Crippen LogP contribution in [0.2, 0.25) is 0 Å². The monoisotopic (exact) mass is 204 g/mol. The molecule has 0 N–H and O–H groups in total. The zero-order valence-electron chi connectivity index (χ0n) is 8.47. The predicted molar refractivity (Wildman–Crippen MR) is 57.1 cm³/mol. The minimum absolute atomic E-state index is 0.212. The maximum absolute atomic E-state index is 11.1. The van der Waals surface area contributed by atoms with E-state index in [9.17, 15) is 9.59 Å². The van der Waals surface area contributed by atoms with Crippen molar-refractivity contribution < 1.29 is 14.3 Å². The maximum atomic E-state index is 11.1. The van der Waals surface area contributed by atoms with E-state index in [0.717, 1.165) is 5.56 Å². The topological polar surface area (TPSA) is 43.4 Å². The van der Waals surface area contributed by atoms with E-state index in [2.05, 4.69) is 4.74 Å². The Hall–Kier alpha value is -1.90. The van der Waals surface area contributed by atoms with Gasteiger partial charge in [0.2, 0.25) is 0 Å². The van der Waals surface area contributed by atoms with Crippen molar-refractivity contribution in [1.29, 1.82) is 0 Å². The van der Waals surface area contributed by atoms with Crippen LogP contribution >= 0.6 is 0 Å². The highest BCUT2D eigenvalue weighted by atomic mass is 16.5. The van der Waals surface area contributed by atoms with E-state index in [1.807, 2.05) is 30.3 Å². The number of carbonyl (C=O) groups excluding carboxylic acids is 2. The summed E-state index contributed by atoms with van der Waals surface area (Å²) in [7, 11) is 0. The molecule has 0 amide bonds. The summed E-state index contributed by atoms with van der Waals surface area (Å²) in [5.74, 6) is -1.45. The fourth-order valence-electron chi connectivity index (χ4n) is 1.01. The van der Waals surface area contributed by atoms with Crippen LogP contribution in [0.15, 0.2) is 36.4 Å². The van der Waals surface area contributed by atoms with E-state index in [1.165, 1.54) is 6.08 Å². The number of esters is 1. The van der Waals surface area contributed by atoms with Gasteiger partial charge in [-0.1, -0.05) is 36.4 Å². The minimum Gasteiger partial charge on any atom is -0.460 e. The van der Waals surface area contributed by atoms with Crippen LogP contribution in [-0.2, 0) is 14.3 Å². The van der Waals surface area contributed by atoms with E-state index in [-0.39, 0.29) is 6.61 Å². The second-order valence-electron chi connectivity index (χ2n) is 2.83. The normalized spacial score (nSPS) is 10.2. The van der Waals surface area contributed by atoms with Gasteiger partial charge in [0.15, 0.2) is 0 Å². The van der Waals surface area contributed by atoms with E-state index in [0.29, 0.717) is 0 Å². The molecule has 0 spiro atoms. The van der Waals surface area contributed by atoms with E-state index in [4.69, 9.17) is 0 Å². The van der Waals surface area contributed by atoms with Gasteiger partial charge in [0.05, 0.1) is 6.61 Å². The molecule has 0 bridgehead atoms. The fourth-order valence-corrected chi connectivity index (χ4v) is 1.01. The maximum Gasteiger partial charge on any atom is 0.379 e. The number of carbonyl (C=O) groups is 2. The molecule has 0 radical (unpaired) electrons. The molecule has 1 rings (SSSR count). The molecule has 0 unspecified atom stereocenters. The van der Waals surface area contributed by atoms with E-state index < -0.39 is 11.8 Å². The zero-order valence-corrected chi connectivity index (χ0v) is 8.47. The quantitative estimate of drug-likeness (QED) is 0.427. The second-order valence-corrected chi connectivity index (χ2v) is 2.83. The third kappa shape index (κ3) is 3.77. The van der Waals surface area contributed by atoms with Gasteiger partial charge in [0, 0.05) is 0 Å². The number of benzene rings is 1. The first-order valence-corrected chi connectivity index (χ1v) is 4.68. The van der Waals surface area contributed by atoms with Gasteiger partial charge in [-0.3, -0.25) is 4.79 Å². The molecule has 0 aliphatic carbocycles. The summed E-state index contributed by atoms with van der Waals surface area (Å²) in [6, 6.07) is 9.28. The number of rotatable bonds is 4. The Kier molecular flexibility index (Phi) is 4.29. The molecule has 3 nitrogen and oxygen atoms in total. The number of ketones is 1. The number of hydrogen-bond donors (Lipinski definition) is 0. The van der Waals surface area contributed by atoms with Crippen molar-refractivity contribution in [3.63, 3.8) is 0 Å². The molecule has 0 aliphatic rings. The van der Waals surface area contributed by atoms with Gasteiger partial charge in [-0.25, -0.2) is 4.79 Å². The van der Waals surface area contributed by atoms with Crippen molar-refractivity contribution in [1.82, 2.24) is 0 Å². The Morgan fingerprint density at radius 2 is 1.93 bits per heavy atom. The van der Waals surface area contributed by atoms with Crippen LogP contribution in [0.4, 0.5) is 0 Å². The number of hydrogen-bond acceptors (Lipinski definition) is 3. The molecule has 0 atom stereocenters. The van der Waals surface area contributed by atoms with Crippen molar-refractivity contribution in [2.24, 2.45) is 0 Å². The Morgan fingerprint density at radius 3 is 2.53 bits per heavy atom. The molecule has 0 aromatic heterocycles. The predicted octanol–water partition coefficient (Wildman–Crippen LogP) is 1.83. The summed E-state index contributed by atoms with van der Waals surface area (Å²) in [5, 5.41) is 0. The highest BCUT2D eigenvalue weighted by molar-refractivity contribution is 6.39. The Bertz CT molecular complexity index is 366. The van der Waals surface area contributed by atoms with Gasteiger partial charge in [-0.15, -0.1) is 0 Å². The van der Waals surface area contributed by atoms with E-state index >= 15 is 0 Å². The summed E-state index contributed by atoms with van der Waals surface area (Å²) in [6.07, 6.45) is 2.80. The van der Waals surface area contributed by atoms with Crippen LogP contribution in [-0.4, -0.2) is 18.4 Å². The van der Waals surface area contributed by atoms with Crippen LogP contribution < -0.4 is 0 Å². The van der Waals surface area contributed by atoms with Gasteiger partial charge >= 0.3 is 5.97 Å². The molecule has 0 saturated heterocycles. The molecule has 15 heavy (non-hydrogen) atoms. The Balaban J connectivity index is 2.59. The SMILES string of the molecule is CCOC(=O)C(=O)/C=C\c1ccccc1. The lowest BCUT2D eigenvalue weighted by atomic mass is 10.2. The van der Waals surface area contributed by atoms with Crippen LogP contribution in [0, 0.1) is 0 Å². The standard InChI is InChI=1S/C12H12O3/c1-2-15-12(14)11(13)9-8-10-6-4-3-5-7-10/h3-9H,2H2,1H3/b9-8-. The van der Waals surface area contributed by atoms with Crippen molar-refractivity contribution >= 4 is 17.8 Å². The summed E-state index contributed by atoms with van der Waals surface area (Å²) in [6.45, 7) is 1.87. The average molecular weight is 204 g/mol. The van der Waals surface area contributed by atoms with Gasteiger partial charge in [-0.05, 0) is 18.6 Å². The van der Waals surface area contributed by atoms with Crippen LogP contribution in [0.1, 0.15) is 12.5 Å². The molecule has 0 fully saturated rings. The zero-order chi connectivity index (χ0) is 11.1. The van der Waals surface area contributed by atoms with E-state index in [1.54, 1.807) is 13.0 Å². The lowest BCUT2D eigenvalue weighted by molar-refractivity contribution is -0.151. The molecule has 1 aromatic carbocycles. The van der Waals surface area contributed by atoms with Crippen LogP contribution in [0.25, 0.3) is 6.08 Å². The molecule has 78 valence electrons. The first-order valence-electron chi connectivity index (χ1n) is 4.68. The summed E-state index contributed by atoms with van der Waals surface area (Å²) in [5.41, 5.74) is 0.871. The highest BCUT2D eigenvalue weighted by Gasteiger charge is 2.09. The van der Waals surface area contributed by atoms with Gasteiger partial charge in [-0.2, -0.15) is 0 Å². The lowest BCUT2D eigenvalue weighted by Crippen LogP contribution is -2.14. The molecule has 0 heterocycles. The largest absolute Gasteiger partial charge is 0.460 e. The summed E-state index contributed by atoms with van der Waals surface area (Å²) < 4.78 is 4.55. The molecule has 1 aromatic rings. The van der Waals surface area contributed by atoms with Crippen molar-refractivity contribution in [2.75, 3.05) is 6.61 Å². The Labute approximate surface area is 88.4 Å². The fraction of sp³-hybridized carbons (Fsp3) is 0.167. The molecular weight excluding hydrogens is 192 g/mol. The Morgan fingerprint density at radius 1 is 1.27 bits per heavy atom.